The summed E-state index contributed by atoms with van der Waals surface area (Å²) in [7, 11) is 9.78. The molecule has 0 amide bonds. The normalized spacial score (nSPS) is 10.2. The first-order chi connectivity index (χ1) is 12.2. The molecule has 3 aromatic carbocycles. The minimum atomic E-state index is -0.556. The average Bonchev–Trinajstić information content (AvgIpc) is 2.64. The van der Waals surface area contributed by atoms with Crippen molar-refractivity contribution in [2.45, 2.75) is 0 Å². The van der Waals surface area contributed by atoms with Crippen LogP contribution in [0.15, 0.2) is 77.8 Å². The number of hydrogen-bond donors (Lipinski definition) is 1. The van der Waals surface area contributed by atoms with Gasteiger partial charge in [0.2, 0.25) is 0 Å². The Morgan fingerprint density at radius 2 is 1.48 bits per heavy atom. The Labute approximate surface area is 162 Å². The fourth-order valence-electron chi connectivity index (χ4n) is 2.21. The molecule has 1 N–H and O–H groups in total. The van der Waals surface area contributed by atoms with E-state index < -0.39 is 22.8 Å². The Bertz CT molecular complexity index is 830. The van der Waals surface area contributed by atoms with E-state index in [1.165, 1.54) is 18.3 Å². The molecule has 0 radical (unpaired) electrons. The van der Waals surface area contributed by atoms with E-state index in [1.807, 2.05) is 60.7 Å². The van der Waals surface area contributed by atoms with Crippen molar-refractivity contribution in [3.8, 4) is 16.9 Å². The van der Waals surface area contributed by atoms with Gasteiger partial charge in [-0.15, -0.1) is 0 Å². The molecule has 3 aromatic rings. The first-order valence-electron chi connectivity index (χ1n) is 7.29. The van der Waals surface area contributed by atoms with E-state index in [0.29, 0.717) is 11.1 Å². The number of benzene rings is 3. The number of hydrogen-bond acceptors (Lipinski definition) is 2. The number of phenolic OH excluding ortho intramolecular Hbond substituents is 1. The molecule has 0 aromatic heterocycles. The van der Waals surface area contributed by atoms with Gasteiger partial charge in [0.25, 0.3) is 0 Å². The number of phenols is 1. The molecule has 0 aliphatic heterocycles. The summed E-state index contributed by atoms with van der Waals surface area (Å²) in [5.74, 6) is -0.390. The molecule has 0 heterocycles. The first-order valence-corrected chi connectivity index (χ1v) is 11.6. The van der Waals surface area contributed by atoms with Gasteiger partial charge in [-0.05, 0) is 29.8 Å². The van der Waals surface area contributed by atoms with Crippen LogP contribution in [-0.4, -0.2) is 11.3 Å². The molecule has 0 fully saturated rings. The maximum absolute atomic E-state index is 13.8. The molecular weight excluding hydrogens is 396 g/mol. The van der Waals surface area contributed by atoms with Gasteiger partial charge < -0.3 is 5.11 Å². The minimum absolute atomic E-state index is 0.0206. The standard InChI is InChI=1S/C19H14FNO.2ClH.Ti/c20-16-11-15(13-21-17-9-5-2-6-10-17)19(22)18(12-16)14-7-3-1-4-8-14;;;/h1-13,22H;2*1H;/q;;;+2/p-2. The summed E-state index contributed by atoms with van der Waals surface area (Å²) >= 11 is -0.556. The van der Waals surface area contributed by atoms with Crippen LogP contribution in [0.25, 0.3) is 11.1 Å². The van der Waals surface area contributed by atoms with Crippen LogP contribution in [0.2, 0.25) is 0 Å². The van der Waals surface area contributed by atoms with Crippen molar-refractivity contribution in [2.24, 2.45) is 4.99 Å². The van der Waals surface area contributed by atoms with Gasteiger partial charge >= 0.3 is 35.6 Å². The van der Waals surface area contributed by atoms with Crippen LogP contribution in [0.1, 0.15) is 5.56 Å². The second kappa shape index (κ2) is 10.4. The molecule has 0 aliphatic carbocycles. The monoisotopic (exact) mass is 409 g/mol. The van der Waals surface area contributed by atoms with E-state index in [1.54, 1.807) is 0 Å². The van der Waals surface area contributed by atoms with Crippen LogP contribution in [0, 0.1) is 5.82 Å². The van der Waals surface area contributed by atoms with E-state index in [4.69, 9.17) is 18.6 Å². The van der Waals surface area contributed by atoms with Crippen molar-refractivity contribution in [3.63, 3.8) is 0 Å². The summed E-state index contributed by atoms with van der Waals surface area (Å²) in [4.78, 5) is 4.26. The van der Waals surface area contributed by atoms with Gasteiger partial charge in [0.15, 0.2) is 0 Å². The maximum atomic E-state index is 13.8. The fourth-order valence-corrected chi connectivity index (χ4v) is 2.21. The third-order valence-corrected chi connectivity index (χ3v) is 3.30. The van der Waals surface area contributed by atoms with E-state index in [-0.39, 0.29) is 5.75 Å². The summed E-state index contributed by atoms with van der Waals surface area (Å²) in [6.07, 6.45) is 1.47. The number of nitrogens with zero attached hydrogens (tertiary/aromatic N) is 1. The van der Waals surface area contributed by atoms with E-state index in [9.17, 15) is 9.50 Å². The Kier molecular flexibility index (Phi) is 8.16. The third kappa shape index (κ3) is 5.98. The van der Waals surface area contributed by atoms with Gasteiger partial charge in [0, 0.05) is 17.3 Å². The zero-order valence-electron chi connectivity index (χ0n) is 13.0. The number of aromatic hydroxyl groups is 1. The molecular formula is C19H14Cl2FNOTi. The van der Waals surface area contributed by atoms with Crippen LogP contribution >= 0.6 is 18.6 Å². The Hall–Kier alpha value is -1.65. The molecule has 126 valence electrons. The Morgan fingerprint density at radius 3 is 2.08 bits per heavy atom. The van der Waals surface area contributed by atoms with Crippen LogP contribution in [-0.2, 0) is 17.0 Å². The average molecular weight is 410 g/mol. The SMILES string of the molecule is Oc1c(C=Nc2ccccc2)cc(F)cc1-c1ccccc1.[Cl][Ti][Cl]. The Morgan fingerprint density at radius 1 is 0.920 bits per heavy atom. The number of halogens is 3. The van der Waals surface area contributed by atoms with Crippen LogP contribution in [0.4, 0.5) is 10.1 Å². The molecule has 0 atom stereocenters. The molecule has 3 rings (SSSR count). The number of para-hydroxylation sites is 1. The predicted molar refractivity (Wildman–Crippen MR) is 98.9 cm³/mol. The van der Waals surface area contributed by atoms with Crippen LogP contribution in [0.5, 0.6) is 5.75 Å². The van der Waals surface area contributed by atoms with Gasteiger partial charge in [-0.25, -0.2) is 4.39 Å². The third-order valence-electron chi connectivity index (χ3n) is 3.30. The van der Waals surface area contributed by atoms with E-state index in [0.717, 1.165) is 11.3 Å². The predicted octanol–water partition coefficient (Wildman–Crippen LogP) is 6.33. The summed E-state index contributed by atoms with van der Waals surface area (Å²) in [5, 5.41) is 10.4. The van der Waals surface area contributed by atoms with Gasteiger partial charge in [-0.2, -0.15) is 0 Å². The summed E-state index contributed by atoms with van der Waals surface area (Å²) in [5.41, 5.74) is 2.30. The molecule has 0 spiro atoms. The summed E-state index contributed by atoms with van der Waals surface area (Å²) in [6, 6.07) is 21.1. The second-order valence-corrected chi connectivity index (χ2v) is 7.50. The molecule has 2 nitrogen and oxygen atoms in total. The molecule has 6 heteroatoms. The van der Waals surface area contributed by atoms with Gasteiger partial charge in [0.1, 0.15) is 11.6 Å². The van der Waals surface area contributed by atoms with Crippen molar-refractivity contribution in [3.05, 3.63) is 84.2 Å². The van der Waals surface area contributed by atoms with Crippen molar-refractivity contribution >= 4 is 30.5 Å². The van der Waals surface area contributed by atoms with Gasteiger partial charge in [0.05, 0.1) is 5.69 Å². The van der Waals surface area contributed by atoms with Crippen LogP contribution in [0.3, 0.4) is 0 Å². The van der Waals surface area contributed by atoms with Crippen LogP contribution < -0.4 is 0 Å². The van der Waals surface area contributed by atoms with Gasteiger partial charge in [-0.1, -0.05) is 48.5 Å². The van der Waals surface area contributed by atoms with Crippen molar-refractivity contribution in [1.82, 2.24) is 0 Å². The molecule has 0 aliphatic rings. The quantitative estimate of drug-likeness (QED) is 0.398. The summed E-state index contributed by atoms with van der Waals surface area (Å²) in [6.45, 7) is 0. The molecule has 0 bridgehead atoms. The van der Waals surface area contributed by atoms with E-state index >= 15 is 0 Å². The molecule has 0 unspecified atom stereocenters. The zero-order valence-corrected chi connectivity index (χ0v) is 16.1. The number of aliphatic imine (C=N–C) groups is 1. The zero-order chi connectivity index (χ0) is 18.1. The molecule has 0 saturated heterocycles. The summed E-state index contributed by atoms with van der Waals surface area (Å²) < 4.78 is 13.8. The molecule has 0 saturated carbocycles. The van der Waals surface area contributed by atoms with Crippen molar-refractivity contribution < 1.29 is 26.5 Å². The van der Waals surface area contributed by atoms with Gasteiger partial charge in [-0.3, -0.25) is 4.99 Å². The fraction of sp³-hybridized carbons (Fsp3) is 0. The van der Waals surface area contributed by atoms with Crippen molar-refractivity contribution in [1.29, 1.82) is 0 Å². The second-order valence-electron chi connectivity index (χ2n) is 4.92. The topological polar surface area (TPSA) is 32.6 Å². The van der Waals surface area contributed by atoms with Crippen molar-refractivity contribution in [2.75, 3.05) is 0 Å². The molecule has 25 heavy (non-hydrogen) atoms. The first kappa shape index (κ1) is 19.7. The van der Waals surface area contributed by atoms with E-state index in [2.05, 4.69) is 4.99 Å². The Balaban J connectivity index is 0.000000701. The number of rotatable bonds is 3.